The number of aryl methyl sites for hydroxylation is 1. The number of aromatic nitrogens is 1. The number of rotatable bonds is 5. The molecule has 0 saturated heterocycles. The molecule has 0 fully saturated rings. The second-order valence-electron chi connectivity index (χ2n) is 3.02. The summed E-state index contributed by atoms with van der Waals surface area (Å²) in [7, 11) is 0. The van der Waals surface area contributed by atoms with E-state index in [0.29, 0.717) is 0 Å². The van der Waals surface area contributed by atoms with Crippen LogP contribution in [0.3, 0.4) is 0 Å². The van der Waals surface area contributed by atoms with Gasteiger partial charge in [0.15, 0.2) is 0 Å². The molecule has 2 N–H and O–H groups in total. The zero-order valence-corrected chi connectivity index (χ0v) is 8.46. The summed E-state index contributed by atoms with van der Waals surface area (Å²) < 4.78 is 4.97. The topological polar surface area (TPSA) is 67.2 Å². The number of carbonyl (C=O) groups excluding carboxylic acids is 1. The summed E-state index contributed by atoms with van der Waals surface area (Å²) in [6, 6.07) is 0.255. The minimum atomic E-state index is -0.139. The van der Waals surface area contributed by atoms with Crippen LogP contribution in [0.25, 0.3) is 0 Å². The molecular formula is C9H15N3O2. The van der Waals surface area contributed by atoms with Crippen LogP contribution in [0.2, 0.25) is 0 Å². The summed E-state index contributed by atoms with van der Waals surface area (Å²) in [4.78, 5) is 15.2. The molecule has 1 aromatic heterocycles. The fourth-order valence-electron chi connectivity index (χ4n) is 0.954. The van der Waals surface area contributed by atoms with Gasteiger partial charge in [0, 0.05) is 0 Å². The Balaban J connectivity index is 2.27. The van der Waals surface area contributed by atoms with Gasteiger partial charge in [-0.25, -0.2) is 0 Å². The van der Waals surface area contributed by atoms with E-state index in [9.17, 15) is 4.79 Å². The standard InChI is InChI=1S/C9H15N3O2/c1-3-4-10-5-8(13)12-9-11-7(2)6-14-9/h6,10H,3-5H2,1-2H3,(H,11,12,13). The number of hydrogen-bond acceptors (Lipinski definition) is 4. The fraction of sp³-hybridized carbons (Fsp3) is 0.556. The van der Waals surface area contributed by atoms with E-state index in [1.807, 2.05) is 6.92 Å². The highest BCUT2D eigenvalue weighted by molar-refractivity contribution is 5.90. The first-order chi connectivity index (χ1) is 6.72. The highest BCUT2D eigenvalue weighted by atomic mass is 16.4. The van der Waals surface area contributed by atoms with Crippen LogP contribution in [0, 0.1) is 6.92 Å². The van der Waals surface area contributed by atoms with Crippen molar-refractivity contribution in [3.63, 3.8) is 0 Å². The van der Waals surface area contributed by atoms with Crippen LogP contribution < -0.4 is 10.6 Å². The average Bonchev–Trinajstić information content (AvgIpc) is 2.52. The lowest BCUT2D eigenvalue weighted by Crippen LogP contribution is -2.28. The molecule has 0 aliphatic heterocycles. The monoisotopic (exact) mass is 197 g/mol. The van der Waals surface area contributed by atoms with E-state index in [2.05, 4.69) is 15.6 Å². The summed E-state index contributed by atoms with van der Waals surface area (Å²) >= 11 is 0. The molecule has 0 saturated carbocycles. The van der Waals surface area contributed by atoms with Crippen LogP contribution in [-0.4, -0.2) is 24.0 Å². The molecule has 1 rings (SSSR count). The van der Waals surface area contributed by atoms with Crippen molar-refractivity contribution in [3.05, 3.63) is 12.0 Å². The predicted molar refractivity (Wildman–Crippen MR) is 53.0 cm³/mol. The quantitative estimate of drug-likeness (QED) is 0.689. The third-order valence-electron chi connectivity index (χ3n) is 1.58. The van der Waals surface area contributed by atoms with Crippen molar-refractivity contribution in [1.29, 1.82) is 0 Å². The minimum Gasteiger partial charge on any atom is -0.432 e. The Bertz CT molecular complexity index is 296. The second-order valence-corrected chi connectivity index (χ2v) is 3.02. The number of nitrogens with one attached hydrogen (secondary N) is 2. The van der Waals surface area contributed by atoms with Crippen LogP contribution in [0.5, 0.6) is 0 Å². The second kappa shape index (κ2) is 5.39. The number of nitrogens with zero attached hydrogens (tertiary/aromatic N) is 1. The molecule has 0 atom stereocenters. The normalized spacial score (nSPS) is 10.1. The Morgan fingerprint density at radius 3 is 3.00 bits per heavy atom. The molecule has 1 amide bonds. The van der Waals surface area contributed by atoms with Gasteiger partial charge in [-0.05, 0) is 19.9 Å². The SMILES string of the molecule is CCCNCC(=O)Nc1nc(C)co1. The smallest absolute Gasteiger partial charge is 0.301 e. The third-order valence-corrected chi connectivity index (χ3v) is 1.58. The molecule has 0 aromatic carbocycles. The Hall–Kier alpha value is -1.36. The number of amides is 1. The Morgan fingerprint density at radius 2 is 2.43 bits per heavy atom. The van der Waals surface area contributed by atoms with Gasteiger partial charge in [-0.15, -0.1) is 0 Å². The van der Waals surface area contributed by atoms with Crippen molar-refractivity contribution in [3.8, 4) is 0 Å². The number of carbonyl (C=O) groups is 1. The summed E-state index contributed by atoms with van der Waals surface area (Å²) in [5.74, 6) is -0.139. The highest BCUT2D eigenvalue weighted by Crippen LogP contribution is 2.04. The van der Waals surface area contributed by atoms with Crippen molar-refractivity contribution >= 4 is 11.9 Å². The molecule has 1 aromatic rings. The number of anilines is 1. The van der Waals surface area contributed by atoms with Crippen molar-refractivity contribution in [2.45, 2.75) is 20.3 Å². The Labute approximate surface area is 82.9 Å². The molecule has 0 unspecified atom stereocenters. The Morgan fingerprint density at radius 1 is 1.64 bits per heavy atom. The molecular weight excluding hydrogens is 182 g/mol. The molecule has 5 nitrogen and oxygen atoms in total. The first-order valence-corrected chi connectivity index (χ1v) is 4.65. The summed E-state index contributed by atoms with van der Waals surface area (Å²) in [5.41, 5.74) is 0.752. The fourth-order valence-corrected chi connectivity index (χ4v) is 0.954. The van der Waals surface area contributed by atoms with E-state index >= 15 is 0 Å². The van der Waals surface area contributed by atoms with Gasteiger partial charge in [-0.2, -0.15) is 4.98 Å². The van der Waals surface area contributed by atoms with Crippen molar-refractivity contribution in [1.82, 2.24) is 10.3 Å². The van der Waals surface area contributed by atoms with Gasteiger partial charge in [-0.3, -0.25) is 10.1 Å². The lowest BCUT2D eigenvalue weighted by molar-refractivity contribution is -0.115. The van der Waals surface area contributed by atoms with Crippen LogP contribution >= 0.6 is 0 Å². The van der Waals surface area contributed by atoms with Crippen molar-refractivity contribution < 1.29 is 9.21 Å². The first kappa shape index (κ1) is 10.7. The first-order valence-electron chi connectivity index (χ1n) is 4.65. The van der Waals surface area contributed by atoms with Gasteiger partial charge < -0.3 is 9.73 Å². The Kier molecular flexibility index (Phi) is 4.12. The summed E-state index contributed by atoms with van der Waals surface area (Å²) in [6.45, 7) is 4.96. The molecule has 5 heteroatoms. The van der Waals surface area contributed by atoms with Gasteiger partial charge in [0.25, 0.3) is 0 Å². The minimum absolute atomic E-state index is 0.139. The average molecular weight is 197 g/mol. The van der Waals surface area contributed by atoms with E-state index in [-0.39, 0.29) is 18.5 Å². The van der Waals surface area contributed by atoms with Gasteiger partial charge in [0.1, 0.15) is 6.26 Å². The molecule has 0 radical (unpaired) electrons. The summed E-state index contributed by atoms with van der Waals surface area (Å²) in [5, 5.41) is 5.52. The van der Waals surface area contributed by atoms with Crippen LogP contribution in [0.15, 0.2) is 10.7 Å². The number of hydrogen-bond donors (Lipinski definition) is 2. The third kappa shape index (κ3) is 3.57. The maximum atomic E-state index is 11.2. The number of oxazole rings is 1. The van der Waals surface area contributed by atoms with Gasteiger partial charge in [-0.1, -0.05) is 6.92 Å². The summed E-state index contributed by atoms with van der Waals surface area (Å²) in [6.07, 6.45) is 2.50. The van der Waals surface area contributed by atoms with Crippen molar-refractivity contribution in [2.24, 2.45) is 0 Å². The zero-order valence-electron chi connectivity index (χ0n) is 8.46. The maximum Gasteiger partial charge on any atom is 0.301 e. The molecule has 0 aliphatic carbocycles. The zero-order chi connectivity index (χ0) is 10.4. The van der Waals surface area contributed by atoms with Gasteiger partial charge in [0.2, 0.25) is 5.91 Å². The van der Waals surface area contributed by atoms with Gasteiger partial charge in [0.05, 0.1) is 12.2 Å². The molecule has 0 aliphatic rings. The van der Waals surface area contributed by atoms with E-state index < -0.39 is 0 Å². The van der Waals surface area contributed by atoms with E-state index in [0.717, 1.165) is 18.7 Å². The largest absolute Gasteiger partial charge is 0.432 e. The lowest BCUT2D eigenvalue weighted by Gasteiger charge is -2.01. The van der Waals surface area contributed by atoms with Crippen LogP contribution in [0.4, 0.5) is 6.01 Å². The van der Waals surface area contributed by atoms with E-state index in [4.69, 9.17) is 4.42 Å². The van der Waals surface area contributed by atoms with Crippen molar-refractivity contribution in [2.75, 3.05) is 18.4 Å². The van der Waals surface area contributed by atoms with Crippen LogP contribution in [-0.2, 0) is 4.79 Å². The molecule has 0 spiro atoms. The van der Waals surface area contributed by atoms with Gasteiger partial charge >= 0.3 is 6.01 Å². The molecule has 78 valence electrons. The lowest BCUT2D eigenvalue weighted by atomic mass is 10.4. The molecule has 14 heavy (non-hydrogen) atoms. The maximum absolute atomic E-state index is 11.2. The molecule has 0 bridgehead atoms. The molecule has 1 heterocycles. The van der Waals surface area contributed by atoms with Crippen LogP contribution in [0.1, 0.15) is 19.0 Å². The predicted octanol–water partition coefficient (Wildman–Crippen LogP) is 0.921. The van der Waals surface area contributed by atoms with E-state index in [1.54, 1.807) is 6.92 Å². The van der Waals surface area contributed by atoms with E-state index in [1.165, 1.54) is 6.26 Å². The highest BCUT2D eigenvalue weighted by Gasteiger charge is 2.05.